The summed E-state index contributed by atoms with van der Waals surface area (Å²) in [5, 5.41) is 3.12. The first-order valence-corrected chi connectivity index (χ1v) is 8.18. The van der Waals surface area contributed by atoms with Gasteiger partial charge in [0.25, 0.3) is 0 Å². The van der Waals surface area contributed by atoms with Crippen molar-refractivity contribution >= 4 is 15.7 Å². The van der Waals surface area contributed by atoms with E-state index in [9.17, 15) is 13.2 Å². The molecule has 2 aliphatic rings. The highest BCUT2D eigenvalue weighted by Crippen LogP contribution is 2.09. The van der Waals surface area contributed by atoms with E-state index in [1.54, 1.807) is 0 Å². The number of nitrogens with one attached hydrogen (secondary N) is 1. The Morgan fingerprint density at radius 1 is 1.28 bits per heavy atom. The molecular formula is C11H21N3O3S. The number of carbonyl (C=O) groups is 1. The number of carbonyl (C=O) groups excluding carboxylic acids is 1. The second-order valence-corrected chi connectivity index (χ2v) is 7.38. The van der Waals surface area contributed by atoms with Gasteiger partial charge in [0.2, 0.25) is 5.91 Å². The van der Waals surface area contributed by atoms with Crippen molar-refractivity contribution < 1.29 is 13.2 Å². The summed E-state index contributed by atoms with van der Waals surface area (Å²) in [4.78, 5) is 16.1. The Morgan fingerprint density at radius 2 is 1.94 bits per heavy atom. The molecule has 2 saturated heterocycles. The Balaban J connectivity index is 1.84. The van der Waals surface area contributed by atoms with Crippen LogP contribution in [0.5, 0.6) is 0 Å². The number of sulfone groups is 1. The van der Waals surface area contributed by atoms with E-state index in [1.165, 1.54) is 0 Å². The van der Waals surface area contributed by atoms with Crippen molar-refractivity contribution in [3.63, 3.8) is 0 Å². The van der Waals surface area contributed by atoms with Crippen molar-refractivity contribution in [3.8, 4) is 0 Å². The highest BCUT2D eigenvalue weighted by atomic mass is 32.2. The van der Waals surface area contributed by atoms with Gasteiger partial charge in [0.1, 0.15) is 0 Å². The van der Waals surface area contributed by atoms with Crippen LogP contribution in [0.2, 0.25) is 0 Å². The fourth-order valence-corrected chi connectivity index (χ4v) is 3.84. The third-order valence-electron chi connectivity index (χ3n) is 3.58. The lowest BCUT2D eigenvalue weighted by molar-refractivity contribution is -0.133. The number of amides is 1. The number of hydrogen-bond acceptors (Lipinski definition) is 5. The smallest absolute Gasteiger partial charge is 0.224 e. The van der Waals surface area contributed by atoms with Crippen LogP contribution in [0.1, 0.15) is 6.42 Å². The van der Waals surface area contributed by atoms with Crippen LogP contribution in [-0.4, -0.2) is 81.4 Å². The summed E-state index contributed by atoms with van der Waals surface area (Å²) in [6.45, 7) is 3.73. The number of rotatable bonds is 2. The van der Waals surface area contributed by atoms with Gasteiger partial charge in [-0.2, -0.15) is 0 Å². The molecule has 2 rings (SSSR count). The van der Waals surface area contributed by atoms with Crippen molar-refractivity contribution in [2.45, 2.75) is 12.5 Å². The molecule has 6 nitrogen and oxygen atoms in total. The van der Waals surface area contributed by atoms with Crippen LogP contribution >= 0.6 is 0 Å². The summed E-state index contributed by atoms with van der Waals surface area (Å²) in [7, 11) is -0.920. The van der Waals surface area contributed by atoms with Gasteiger partial charge in [-0.15, -0.1) is 0 Å². The SMILES string of the molecule is CN1CCN(C(=O)CC2CS(=O)(=O)CCN2)CC1. The Hall–Kier alpha value is -0.660. The molecule has 0 radical (unpaired) electrons. The lowest BCUT2D eigenvalue weighted by Gasteiger charge is -2.33. The Morgan fingerprint density at radius 3 is 2.56 bits per heavy atom. The molecule has 2 fully saturated rings. The normalized spacial score (nSPS) is 29.2. The van der Waals surface area contributed by atoms with Crippen LogP contribution in [-0.2, 0) is 14.6 Å². The second-order valence-electron chi connectivity index (χ2n) is 5.15. The molecule has 0 aromatic carbocycles. The van der Waals surface area contributed by atoms with Gasteiger partial charge in [-0.3, -0.25) is 4.79 Å². The second kappa shape index (κ2) is 5.54. The summed E-state index contributed by atoms with van der Waals surface area (Å²) >= 11 is 0. The topological polar surface area (TPSA) is 69.7 Å². The molecule has 1 atom stereocenters. The van der Waals surface area contributed by atoms with Crippen molar-refractivity contribution in [3.05, 3.63) is 0 Å². The summed E-state index contributed by atoms with van der Waals surface area (Å²) in [5.74, 6) is 0.344. The zero-order valence-corrected chi connectivity index (χ0v) is 11.6. The van der Waals surface area contributed by atoms with Crippen LogP contribution in [0.15, 0.2) is 0 Å². The van der Waals surface area contributed by atoms with Gasteiger partial charge in [-0.25, -0.2) is 8.42 Å². The fraction of sp³-hybridized carbons (Fsp3) is 0.909. The van der Waals surface area contributed by atoms with E-state index in [4.69, 9.17) is 0 Å². The molecule has 104 valence electrons. The van der Waals surface area contributed by atoms with E-state index in [-0.39, 0.29) is 23.5 Å². The average molecular weight is 275 g/mol. The number of nitrogens with zero attached hydrogens (tertiary/aromatic N) is 2. The maximum absolute atomic E-state index is 12.1. The van der Waals surface area contributed by atoms with E-state index in [0.717, 1.165) is 26.2 Å². The molecular weight excluding hydrogens is 254 g/mol. The Kier molecular flexibility index (Phi) is 4.24. The summed E-state index contributed by atoms with van der Waals surface area (Å²) in [6.07, 6.45) is 0.295. The van der Waals surface area contributed by atoms with Gasteiger partial charge in [-0.1, -0.05) is 0 Å². The molecule has 0 aromatic heterocycles. The molecule has 1 N–H and O–H groups in total. The number of likely N-dealkylation sites (N-methyl/N-ethyl adjacent to an activating group) is 1. The number of piperazine rings is 1. The third-order valence-corrected chi connectivity index (χ3v) is 5.31. The van der Waals surface area contributed by atoms with E-state index in [0.29, 0.717) is 13.0 Å². The third kappa shape index (κ3) is 3.66. The fourth-order valence-electron chi connectivity index (χ4n) is 2.39. The van der Waals surface area contributed by atoms with Gasteiger partial charge in [0.15, 0.2) is 9.84 Å². The van der Waals surface area contributed by atoms with E-state index in [1.807, 2.05) is 11.9 Å². The zero-order chi connectivity index (χ0) is 13.2. The van der Waals surface area contributed by atoms with Crippen LogP contribution in [0.4, 0.5) is 0 Å². The molecule has 0 spiro atoms. The van der Waals surface area contributed by atoms with Gasteiger partial charge in [0, 0.05) is 45.2 Å². The molecule has 7 heteroatoms. The maximum Gasteiger partial charge on any atom is 0.224 e. The molecule has 1 amide bonds. The molecule has 1 unspecified atom stereocenters. The summed E-state index contributed by atoms with van der Waals surface area (Å²) in [6, 6.07) is -0.212. The minimum absolute atomic E-state index is 0.0673. The number of hydrogen-bond donors (Lipinski definition) is 1. The highest BCUT2D eigenvalue weighted by Gasteiger charge is 2.28. The lowest BCUT2D eigenvalue weighted by atomic mass is 10.2. The average Bonchev–Trinajstić information content (AvgIpc) is 2.28. The minimum atomic E-state index is -2.96. The first-order valence-electron chi connectivity index (χ1n) is 6.36. The maximum atomic E-state index is 12.1. The minimum Gasteiger partial charge on any atom is -0.340 e. The molecule has 18 heavy (non-hydrogen) atoms. The van der Waals surface area contributed by atoms with Crippen molar-refractivity contribution in [2.75, 3.05) is 51.3 Å². The Labute approximate surface area is 108 Å². The van der Waals surface area contributed by atoms with Crippen LogP contribution in [0.3, 0.4) is 0 Å². The van der Waals surface area contributed by atoms with Crippen molar-refractivity contribution in [1.29, 1.82) is 0 Å². The quantitative estimate of drug-likeness (QED) is 0.667. The standard InChI is InChI=1S/C11H21N3O3S/c1-13-3-5-14(6-4-13)11(15)8-10-9-18(16,17)7-2-12-10/h10,12H,2-9H2,1H3. The first-order chi connectivity index (χ1) is 8.46. The van der Waals surface area contributed by atoms with E-state index >= 15 is 0 Å². The van der Waals surface area contributed by atoms with Crippen LogP contribution in [0, 0.1) is 0 Å². The van der Waals surface area contributed by atoms with Gasteiger partial charge < -0.3 is 15.1 Å². The summed E-state index contributed by atoms with van der Waals surface area (Å²) in [5.41, 5.74) is 0. The molecule has 2 heterocycles. The van der Waals surface area contributed by atoms with E-state index in [2.05, 4.69) is 10.2 Å². The van der Waals surface area contributed by atoms with E-state index < -0.39 is 9.84 Å². The predicted molar refractivity (Wildman–Crippen MR) is 69.1 cm³/mol. The largest absolute Gasteiger partial charge is 0.340 e. The molecule has 2 aliphatic heterocycles. The Bertz CT molecular complexity index is 402. The first kappa shape index (κ1) is 13.8. The van der Waals surface area contributed by atoms with Crippen molar-refractivity contribution in [2.24, 2.45) is 0 Å². The molecule has 0 saturated carbocycles. The molecule has 0 aromatic rings. The predicted octanol–water partition coefficient (Wildman–Crippen LogP) is -1.46. The molecule has 0 bridgehead atoms. The van der Waals surface area contributed by atoms with Gasteiger partial charge in [0.05, 0.1) is 11.5 Å². The summed E-state index contributed by atoms with van der Waals surface area (Å²) < 4.78 is 23.0. The van der Waals surface area contributed by atoms with Crippen molar-refractivity contribution in [1.82, 2.24) is 15.1 Å². The van der Waals surface area contributed by atoms with Crippen LogP contribution < -0.4 is 5.32 Å². The molecule has 0 aliphatic carbocycles. The highest BCUT2D eigenvalue weighted by molar-refractivity contribution is 7.91. The van der Waals surface area contributed by atoms with Gasteiger partial charge >= 0.3 is 0 Å². The van der Waals surface area contributed by atoms with Gasteiger partial charge in [-0.05, 0) is 7.05 Å². The monoisotopic (exact) mass is 275 g/mol. The van der Waals surface area contributed by atoms with Crippen LogP contribution in [0.25, 0.3) is 0 Å². The zero-order valence-electron chi connectivity index (χ0n) is 10.8. The lowest BCUT2D eigenvalue weighted by Crippen LogP contribution is -2.51.